The number of aliphatic hydroxyl groups is 1. The van der Waals surface area contributed by atoms with Gasteiger partial charge in [-0.3, -0.25) is 0 Å². The molecule has 0 aliphatic heterocycles. The van der Waals surface area contributed by atoms with E-state index in [9.17, 15) is 5.11 Å². The van der Waals surface area contributed by atoms with E-state index >= 15 is 0 Å². The van der Waals surface area contributed by atoms with Gasteiger partial charge in [-0.25, -0.2) is 4.98 Å². The lowest BCUT2D eigenvalue weighted by atomic mass is 10.0. The quantitative estimate of drug-likeness (QED) is 0.911. The molecule has 0 saturated carbocycles. The van der Waals surface area contributed by atoms with Gasteiger partial charge in [0.25, 0.3) is 0 Å². The first kappa shape index (κ1) is 12.1. The van der Waals surface area contributed by atoms with Crippen LogP contribution in [0.2, 0.25) is 0 Å². The molecular weight excluding hydrogens is 284 g/mol. The van der Waals surface area contributed by atoms with Crippen LogP contribution in [0.1, 0.15) is 12.7 Å². The van der Waals surface area contributed by atoms with Crippen LogP contribution in [-0.2, 0) is 5.60 Å². The van der Waals surface area contributed by atoms with Crippen LogP contribution in [0.4, 0.5) is 5.82 Å². The summed E-state index contributed by atoms with van der Waals surface area (Å²) < 4.78 is 6.11. The molecule has 0 aliphatic carbocycles. The first-order chi connectivity index (χ1) is 8.08. The number of nitrogens with zero attached hydrogens (tertiary/aromatic N) is 1. The number of nitrogens with one attached hydrogen (secondary N) is 1. The zero-order chi connectivity index (χ0) is 12.3. The summed E-state index contributed by atoms with van der Waals surface area (Å²) in [6.07, 6.45) is 3.24. The summed E-state index contributed by atoms with van der Waals surface area (Å²) in [6.45, 7) is 2.02. The van der Waals surface area contributed by atoms with Gasteiger partial charge in [-0.2, -0.15) is 0 Å². The van der Waals surface area contributed by atoms with E-state index in [1.165, 1.54) is 0 Å². The summed E-state index contributed by atoms with van der Waals surface area (Å²) in [5.74, 6) is 1.24. The molecule has 0 bridgehead atoms. The van der Waals surface area contributed by atoms with Gasteiger partial charge in [0.15, 0.2) is 0 Å². The number of furan rings is 1. The highest BCUT2D eigenvalue weighted by molar-refractivity contribution is 9.10. The second kappa shape index (κ2) is 4.89. The maximum Gasteiger partial charge on any atom is 0.136 e. The second-order valence-electron chi connectivity index (χ2n) is 3.97. The van der Waals surface area contributed by atoms with E-state index in [1.54, 1.807) is 31.5 Å². The molecule has 2 heterocycles. The lowest BCUT2D eigenvalue weighted by Crippen LogP contribution is -2.30. The number of rotatable bonds is 4. The van der Waals surface area contributed by atoms with Crippen LogP contribution in [0.3, 0.4) is 0 Å². The molecule has 0 aliphatic rings. The van der Waals surface area contributed by atoms with Crippen LogP contribution in [0.5, 0.6) is 0 Å². The average molecular weight is 297 g/mol. The van der Waals surface area contributed by atoms with Crippen LogP contribution in [-0.4, -0.2) is 16.6 Å². The van der Waals surface area contributed by atoms with Crippen molar-refractivity contribution in [3.8, 4) is 0 Å². The van der Waals surface area contributed by atoms with E-state index in [1.807, 2.05) is 12.1 Å². The maximum atomic E-state index is 10.2. The molecule has 1 unspecified atom stereocenters. The third-order valence-electron chi connectivity index (χ3n) is 2.39. The Balaban J connectivity index is 2.00. The molecule has 2 aromatic rings. The summed E-state index contributed by atoms with van der Waals surface area (Å²) in [4.78, 5) is 4.16. The number of hydrogen-bond acceptors (Lipinski definition) is 4. The molecule has 4 nitrogen and oxygen atoms in total. The Bertz CT molecular complexity index is 466. The summed E-state index contributed by atoms with van der Waals surface area (Å²) in [5.41, 5.74) is -1.06. The fourth-order valence-corrected chi connectivity index (χ4v) is 1.65. The maximum absolute atomic E-state index is 10.2. The molecule has 0 amide bonds. The molecule has 0 fully saturated rings. The van der Waals surface area contributed by atoms with Crippen molar-refractivity contribution in [3.05, 3.63) is 47.0 Å². The van der Waals surface area contributed by atoms with E-state index in [2.05, 4.69) is 26.2 Å². The second-order valence-corrected chi connectivity index (χ2v) is 4.88. The van der Waals surface area contributed by atoms with Crippen molar-refractivity contribution < 1.29 is 9.52 Å². The van der Waals surface area contributed by atoms with Crippen molar-refractivity contribution in [2.75, 3.05) is 11.9 Å². The Morgan fingerprint density at radius 2 is 2.29 bits per heavy atom. The molecule has 17 heavy (non-hydrogen) atoms. The number of aromatic nitrogens is 1. The van der Waals surface area contributed by atoms with Gasteiger partial charge in [-0.1, -0.05) is 0 Å². The van der Waals surface area contributed by atoms with Gasteiger partial charge in [-0.15, -0.1) is 0 Å². The summed E-state index contributed by atoms with van der Waals surface area (Å²) in [5, 5.41) is 13.3. The van der Waals surface area contributed by atoms with E-state index in [-0.39, 0.29) is 0 Å². The Morgan fingerprint density at radius 1 is 1.47 bits per heavy atom. The fourth-order valence-electron chi connectivity index (χ4n) is 1.42. The van der Waals surface area contributed by atoms with Crippen molar-refractivity contribution in [1.29, 1.82) is 0 Å². The summed E-state index contributed by atoms with van der Waals surface area (Å²) in [7, 11) is 0. The van der Waals surface area contributed by atoms with E-state index in [0.29, 0.717) is 18.1 Å². The van der Waals surface area contributed by atoms with Gasteiger partial charge < -0.3 is 14.8 Å². The highest BCUT2D eigenvalue weighted by Gasteiger charge is 2.25. The molecule has 90 valence electrons. The normalized spacial score (nSPS) is 14.3. The van der Waals surface area contributed by atoms with Gasteiger partial charge in [-0.05, 0) is 47.1 Å². The SMILES string of the molecule is CC(O)(CNc1ccc(Br)cn1)c1ccco1. The average Bonchev–Trinajstić information content (AvgIpc) is 2.82. The highest BCUT2D eigenvalue weighted by Crippen LogP contribution is 2.21. The standard InChI is InChI=1S/C12H13BrN2O2/c1-12(16,10-3-2-6-17-10)8-15-11-5-4-9(13)7-14-11/h2-7,16H,8H2,1H3,(H,14,15). The molecule has 2 aromatic heterocycles. The third kappa shape index (κ3) is 3.08. The minimum Gasteiger partial charge on any atom is -0.466 e. The number of hydrogen-bond donors (Lipinski definition) is 2. The van der Waals surface area contributed by atoms with Gasteiger partial charge in [0.1, 0.15) is 17.2 Å². The van der Waals surface area contributed by atoms with Crippen LogP contribution >= 0.6 is 15.9 Å². The number of anilines is 1. The van der Waals surface area contributed by atoms with Gasteiger partial charge in [0, 0.05) is 10.7 Å². The largest absolute Gasteiger partial charge is 0.466 e. The van der Waals surface area contributed by atoms with Crippen molar-refractivity contribution in [2.45, 2.75) is 12.5 Å². The first-order valence-electron chi connectivity index (χ1n) is 5.20. The van der Waals surface area contributed by atoms with Crippen LogP contribution < -0.4 is 5.32 Å². The zero-order valence-electron chi connectivity index (χ0n) is 9.35. The minimum absolute atomic E-state index is 0.329. The van der Waals surface area contributed by atoms with Crippen molar-refractivity contribution >= 4 is 21.7 Å². The Labute approximate surface area is 108 Å². The van der Waals surface area contributed by atoms with Gasteiger partial charge in [0.05, 0.1) is 12.8 Å². The molecule has 5 heteroatoms. The van der Waals surface area contributed by atoms with E-state index < -0.39 is 5.60 Å². The smallest absolute Gasteiger partial charge is 0.136 e. The molecule has 1 atom stereocenters. The first-order valence-corrected chi connectivity index (χ1v) is 5.99. The molecule has 2 rings (SSSR count). The molecular formula is C12H13BrN2O2. The van der Waals surface area contributed by atoms with Crippen molar-refractivity contribution in [3.63, 3.8) is 0 Å². The lowest BCUT2D eigenvalue weighted by molar-refractivity contribution is 0.0476. The third-order valence-corrected chi connectivity index (χ3v) is 2.86. The summed E-state index contributed by atoms with van der Waals surface area (Å²) >= 11 is 3.31. The van der Waals surface area contributed by atoms with Crippen molar-refractivity contribution in [2.24, 2.45) is 0 Å². The van der Waals surface area contributed by atoms with Crippen LogP contribution in [0, 0.1) is 0 Å². The fraction of sp³-hybridized carbons (Fsp3) is 0.250. The Kier molecular flexibility index (Phi) is 3.49. The predicted octanol–water partition coefficient (Wildman–Crippen LogP) is 2.76. The van der Waals surface area contributed by atoms with Crippen molar-refractivity contribution in [1.82, 2.24) is 4.98 Å². The van der Waals surface area contributed by atoms with Crippen LogP contribution in [0.25, 0.3) is 0 Å². The Hall–Kier alpha value is -1.33. The molecule has 0 aromatic carbocycles. The number of halogens is 1. The lowest BCUT2D eigenvalue weighted by Gasteiger charge is -2.21. The van der Waals surface area contributed by atoms with E-state index in [4.69, 9.17) is 4.42 Å². The monoisotopic (exact) mass is 296 g/mol. The van der Waals surface area contributed by atoms with E-state index in [0.717, 1.165) is 4.47 Å². The Morgan fingerprint density at radius 3 is 2.88 bits per heavy atom. The number of pyridine rings is 1. The topological polar surface area (TPSA) is 58.3 Å². The molecule has 2 N–H and O–H groups in total. The predicted molar refractivity (Wildman–Crippen MR) is 68.7 cm³/mol. The minimum atomic E-state index is -1.06. The molecule has 0 radical (unpaired) electrons. The summed E-state index contributed by atoms with van der Waals surface area (Å²) in [6, 6.07) is 7.22. The molecule has 0 spiro atoms. The van der Waals surface area contributed by atoms with Gasteiger partial charge >= 0.3 is 0 Å². The zero-order valence-corrected chi connectivity index (χ0v) is 10.9. The highest BCUT2D eigenvalue weighted by atomic mass is 79.9. The van der Waals surface area contributed by atoms with Gasteiger partial charge in [0.2, 0.25) is 0 Å². The molecule has 0 saturated heterocycles. The van der Waals surface area contributed by atoms with Crippen LogP contribution in [0.15, 0.2) is 45.6 Å².